The highest BCUT2D eigenvalue weighted by molar-refractivity contribution is 7.85. The van der Waals surface area contributed by atoms with Crippen LogP contribution in [0.3, 0.4) is 0 Å². The van der Waals surface area contributed by atoms with Gasteiger partial charge in [-0.05, 0) is 11.5 Å². The molecule has 2 rings (SSSR count). The second kappa shape index (κ2) is 3.36. The van der Waals surface area contributed by atoms with E-state index in [0.717, 1.165) is 6.07 Å². The molecule has 4 N–H and O–H groups in total. The topological polar surface area (TPSA) is 101 Å². The van der Waals surface area contributed by atoms with Gasteiger partial charge in [0.05, 0.1) is 10.6 Å². The van der Waals surface area contributed by atoms with Gasteiger partial charge >= 0.3 is 0 Å². The Hall–Kier alpha value is -1.79. The fourth-order valence-corrected chi connectivity index (χ4v) is 2.03. The van der Waals surface area contributed by atoms with E-state index in [1.54, 1.807) is 6.07 Å². The van der Waals surface area contributed by atoms with E-state index < -0.39 is 10.1 Å². The Morgan fingerprint density at radius 2 is 2.00 bits per heavy atom. The summed E-state index contributed by atoms with van der Waals surface area (Å²) in [6.07, 6.45) is 0. The summed E-state index contributed by atoms with van der Waals surface area (Å²) in [7, 11) is -4.34. The molecule has 0 spiro atoms. The third-order valence-electron chi connectivity index (χ3n) is 2.19. The van der Waals surface area contributed by atoms with Gasteiger partial charge in [-0.25, -0.2) is 0 Å². The van der Waals surface area contributed by atoms with Crippen molar-refractivity contribution in [2.75, 3.05) is 5.73 Å². The minimum Gasteiger partial charge on any atom is -0.507 e. The second-order valence-electron chi connectivity index (χ2n) is 3.27. The molecule has 0 unspecified atom stereocenters. The molecule has 0 atom stereocenters. The number of hydrogen-bond donors (Lipinski definition) is 3. The number of aromatic hydroxyl groups is 1. The zero-order valence-electron chi connectivity index (χ0n) is 8.01. The zero-order valence-corrected chi connectivity index (χ0v) is 8.82. The quantitative estimate of drug-likeness (QED) is 0.511. The molecule has 0 aliphatic carbocycles. The van der Waals surface area contributed by atoms with Gasteiger partial charge in [0, 0.05) is 17.5 Å². The Morgan fingerprint density at radius 3 is 2.62 bits per heavy atom. The normalized spacial score (nSPS) is 11.8. The van der Waals surface area contributed by atoms with E-state index in [4.69, 9.17) is 10.3 Å². The van der Waals surface area contributed by atoms with Crippen molar-refractivity contribution in [2.24, 2.45) is 0 Å². The first-order chi connectivity index (χ1) is 7.39. The van der Waals surface area contributed by atoms with Gasteiger partial charge in [-0.2, -0.15) is 8.42 Å². The molecule has 0 heterocycles. The van der Waals surface area contributed by atoms with Crippen molar-refractivity contribution in [3.05, 3.63) is 30.3 Å². The zero-order chi connectivity index (χ0) is 11.9. The van der Waals surface area contributed by atoms with Crippen LogP contribution in [0, 0.1) is 6.07 Å². The first-order valence-corrected chi connectivity index (χ1v) is 5.74. The fraction of sp³-hybridized carbons (Fsp3) is 0. The molecule has 16 heavy (non-hydrogen) atoms. The van der Waals surface area contributed by atoms with Gasteiger partial charge < -0.3 is 10.8 Å². The van der Waals surface area contributed by atoms with Gasteiger partial charge in [-0.15, -0.1) is 0 Å². The fourth-order valence-electron chi connectivity index (χ4n) is 1.49. The first kappa shape index (κ1) is 10.7. The molecule has 6 heteroatoms. The van der Waals surface area contributed by atoms with E-state index in [-0.39, 0.29) is 16.3 Å². The Kier molecular flexibility index (Phi) is 2.25. The van der Waals surface area contributed by atoms with Crippen LogP contribution in [0.2, 0.25) is 0 Å². The van der Waals surface area contributed by atoms with Gasteiger partial charge in [0.25, 0.3) is 10.1 Å². The third-order valence-corrected chi connectivity index (χ3v) is 3.02. The summed E-state index contributed by atoms with van der Waals surface area (Å²) in [6, 6.07) is 7.90. The van der Waals surface area contributed by atoms with E-state index in [9.17, 15) is 13.5 Å². The van der Waals surface area contributed by atoms with Gasteiger partial charge in [0.15, 0.2) is 0 Å². The highest BCUT2D eigenvalue weighted by atomic mass is 32.2. The van der Waals surface area contributed by atoms with Crippen LogP contribution in [0.1, 0.15) is 0 Å². The van der Waals surface area contributed by atoms with Crippen molar-refractivity contribution < 1.29 is 18.1 Å². The minimum absolute atomic E-state index is 0.219. The Balaban J connectivity index is 2.89. The molecule has 0 saturated carbocycles. The van der Waals surface area contributed by atoms with Crippen LogP contribution in [0.25, 0.3) is 10.8 Å². The van der Waals surface area contributed by atoms with Crippen molar-refractivity contribution in [3.8, 4) is 5.75 Å². The third kappa shape index (κ3) is 1.68. The summed E-state index contributed by atoms with van der Waals surface area (Å²) in [5.41, 5.74) is 5.81. The number of phenols is 1. The molecule has 83 valence electrons. The van der Waals surface area contributed by atoms with Crippen molar-refractivity contribution in [2.45, 2.75) is 4.90 Å². The van der Waals surface area contributed by atoms with E-state index in [0.29, 0.717) is 10.8 Å². The van der Waals surface area contributed by atoms with Crippen LogP contribution >= 0.6 is 0 Å². The molecule has 2 aromatic rings. The predicted octanol–water partition coefficient (Wildman–Crippen LogP) is 1.17. The second-order valence-corrected chi connectivity index (χ2v) is 4.69. The Bertz CT molecular complexity index is 664. The van der Waals surface area contributed by atoms with Gasteiger partial charge in [0.1, 0.15) is 5.75 Å². The van der Waals surface area contributed by atoms with Crippen molar-refractivity contribution in [1.29, 1.82) is 0 Å². The maximum atomic E-state index is 10.9. The van der Waals surface area contributed by atoms with Gasteiger partial charge in [-0.1, -0.05) is 12.1 Å². The number of rotatable bonds is 1. The van der Waals surface area contributed by atoms with Crippen LogP contribution in [0.15, 0.2) is 29.2 Å². The largest absolute Gasteiger partial charge is 0.507 e. The van der Waals surface area contributed by atoms with Crippen LogP contribution in [-0.4, -0.2) is 18.1 Å². The standard InChI is InChI=1S/C10H8NO4S/c11-8-3-1-2-6-4-7(16(13,14)15)5-9(12)10(6)8/h1-2,4-5,12H,11H2,(H,13,14,15). The summed E-state index contributed by atoms with van der Waals surface area (Å²) in [5, 5.41) is 10.4. The monoisotopic (exact) mass is 238 g/mol. The smallest absolute Gasteiger partial charge is 0.294 e. The highest BCUT2D eigenvalue weighted by Gasteiger charge is 2.14. The molecule has 0 fully saturated rings. The van der Waals surface area contributed by atoms with Crippen LogP contribution < -0.4 is 5.73 Å². The molecule has 1 radical (unpaired) electrons. The lowest BCUT2D eigenvalue weighted by Crippen LogP contribution is -1.98. The SMILES string of the molecule is Nc1[c]ccc2cc(S(=O)(=O)O)cc(O)c12. The molecule has 0 aromatic heterocycles. The maximum absolute atomic E-state index is 10.9. The lowest BCUT2D eigenvalue weighted by molar-refractivity contribution is 0.471. The summed E-state index contributed by atoms with van der Waals surface area (Å²) >= 11 is 0. The van der Waals surface area contributed by atoms with E-state index in [1.807, 2.05) is 0 Å². The predicted molar refractivity (Wildman–Crippen MR) is 58.7 cm³/mol. The average Bonchev–Trinajstić information content (AvgIpc) is 2.15. The Morgan fingerprint density at radius 1 is 1.31 bits per heavy atom. The number of hydrogen-bond acceptors (Lipinski definition) is 4. The number of nitrogens with two attached hydrogens (primary N) is 1. The minimum atomic E-state index is -4.34. The molecular weight excluding hydrogens is 230 g/mol. The van der Waals surface area contributed by atoms with E-state index >= 15 is 0 Å². The number of nitrogen functional groups attached to an aromatic ring is 1. The summed E-state index contributed by atoms with van der Waals surface area (Å²) in [4.78, 5) is -0.372. The van der Waals surface area contributed by atoms with Crippen LogP contribution in [-0.2, 0) is 10.1 Å². The highest BCUT2D eigenvalue weighted by Crippen LogP contribution is 2.32. The molecule has 0 aliphatic heterocycles. The number of benzene rings is 2. The van der Waals surface area contributed by atoms with Crippen LogP contribution in [0.5, 0.6) is 5.75 Å². The average molecular weight is 238 g/mol. The van der Waals surface area contributed by atoms with Crippen molar-refractivity contribution in [3.63, 3.8) is 0 Å². The Labute approximate surface area is 91.9 Å². The first-order valence-electron chi connectivity index (χ1n) is 4.30. The molecule has 0 aliphatic rings. The summed E-state index contributed by atoms with van der Waals surface area (Å²) in [5.74, 6) is -0.306. The van der Waals surface area contributed by atoms with Gasteiger partial charge in [-0.3, -0.25) is 4.55 Å². The molecule has 0 bridgehead atoms. The van der Waals surface area contributed by atoms with Crippen molar-refractivity contribution in [1.82, 2.24) is 0 Å². The lowest BCUT2D eigenvalue weighted by Gasteiger charge is -2.06. The summed E-state index contributed by atoms with van der Waals surface area (Å²) < 4.78 is 30.7. The molecule has 0 saturated heterocycles. The lowest BCUT2D eigenvalue weighted by atomic mass is 10.1. The van der Waals surface area contributed by atoms with E-state index in [2.05, 4.69) is 6.07 Å². The maximum Gasteiger partial charge on any atom is 0.294 e. The van der Waals surface area contributed by atoms with E-state index in [1.165, 1.54) is 12.1 Å². The number of anilines is 1. The molecule has 2 aromatic carbocycles. The van der Waals surface area contributed by atoms with Crippen molar-refractivity contribution >= 4 is 26.6 Å². The number of phenolic OH excluding ortho intramolecular Hbond substituents is 1. The molecule has 5 nitrogen and oxygen atoms in total. The molecular formula is C10H8NO4S. The molecule has 0 amide bonds. The van der Waals surface area contributed by atoms with Gasteiger partial charge in [0.2, 0.25) is 0 Å². The van der Waals surface area contributed by atoms with Crippen LogP contribution in [0.4, 0.5) is 5.69 Å². The number of fused-ring (bicyclic) bond motifs is 1. The summed E-state index contributed by atoms with van der Waals surface area (Å²) in [6.45, 7) is 0.